The zero-order valence-electron chi connectivity index (χ0n) is 10.4. The second kappa shape index (κ2) is 5.05. The molecule has 0 aromatic heterocycles. The van der Waals surface area contributed by atoms with Crippen LogP contribution < -0.4 is 5.32 Å². The number of carbonyl (C=O) groups is 1. The summed E-state index contributed by atoms with van der Waals surface area (Å²) in [7, 11) is 0. The van der Waals surface area contributed by atoms with Crippen molar-refractivity contribution >= 4 is 12.0 Å². The zero-order chi connectivity index (χ0) is 13.0. The quantitative estimate of drug-likeness (QED) is 0.878. The van der Waals surface area contributed by atoms with Gasteiger partial charge in [-0.15, -0.1) is 0 Å². The van der Waals surface area contributed by atoms with Crippen molar-refractivity contribution < 1.29 is 4.79 Å². The molecule has 1 aromatic carbocycles. The Morgan fingerprint density at radius 3 is 2.61 bits per heavy atom. The third kappa shape index (κ3) is 2.78. The molecular formula is C15H16N2O. The molecule has 0 saturated heterocycles. The van der Waals surface area contributed by atoms with Crippen LogP contribution in [0.2, 0.25) is 0 Å². The first-order valence-corrected chi connectivity index (χ1v) is 6.09. The highest BCUT2D eigenvalue weighted by atomic mass is 16.1. The minimum absolute atomic E-state index is 0.0281. The Labute approximate surface area is 107 Å². The Morgan fingerprint density at radius 2 is 2.11 bits per heavy atom. The third-order valence-corrected chi connectivity index (χ3v) is 3.21. The second-order valence-corrected chi connectivity index (χ2v) is 4.66. The van der Waals surface area contributed by atoms with E-state index >= 15 is 0 Å². The van der Waals surface area contributed by atoms with E-state index in [0.29, 0.717) is 6.54 Å². The molecule has 3 nitrogen and oxygen atoms in total. The molecule has 1 aromatic rings. The SMILES string of the molecule is CC(=O)NCC=Cc1ccc(C2(C#N)CC2)cc1. The van der Waals surface area contributed by atoms with Gasteiger partial charge in [0.05, 0.1) is 11.5 Å². The molecule has 0 heterocycles. The Kier molecular flexibility index (Phi) is 3.47. The predicted octanol–water partition coefficient (Wildman–Crippen LogP) is 2.39. The molecule has 2 rings (SSSR count). The van der Waals surface area contributed by atoms with Gasteiger partial charge in [0, 0.05) is 13.5 Å². The van der Waals surface area contributed by atoms with E-state index in [0.717, 1.165) is 24.0 Å². The number of nitriles is 1. The lowest BCUT2D eigenvalue weighted by Gasteiger charge is -2.05. The minimum Gasteiger partial charge on any atom is -0.353 e. The number of amides is 1. The summed E-state index contributed by atoms with van der Waals surface area (Å²) in [6.45, 7) is 2.04. The van der Waals surface area contributed by atoms with Gasteiger partial charge in [-0.3, -0.25) is 4.79 Å². The summed E-state index contributed by atoms with van der Waals surface area (Å²) in [6, 6.07) is 10.5. The van der Waals surface area contributed by atoms with Crippen LogP contribution in [0.15, 0.2) is 30.3 Å². The average molecular weight is 240 g/mol. The van der Waals surface area contributed by atoms with Crippen molar-refractivity contribution in [2.24, 2.45) is 0 Å². The molecule has 92 valence electrons. The van der Waals surface area contributed by atoms with Crippen LogP contribution >= 0.6 is 0 Å². The van der Waals surface area contributed by atoms with Crippen LogP contribution in [0, 0.1) is 11.3 Å². The van der Waals surface area contributed by atoms with E-state index in [9.17, 15) is 4.79 Å². The fraction of sp³-hybridized carbons (Fsp3) is 0.333. The third-order valence-electron chi connectivity index (χ3n) is 3.21. The molecule has 0 atom stereocenters. The number of rotatable bonds is 4. The van der Waals surface area contributed by atoms with Gasteiger partial charge < -0.3 is 5.32 Å². The molecule has 0 radical (unpaired) electrons. The van der Waals surface area contributed by atoms with Crippen molar-refractivity contribution in [2.75, 3.05) is 6.54 Å². The van der Waals surface area contributed by atoms with Crippen molar-refractivity contribution in [3.8, 4) is 6.07 Å². The topological polar surface area (TPSA) is 52.9 Å². The van der Waals surface area contributed by atoms with Crippen molar-refractivity contribution in [3.63, 3.8) is 0 Å². The van der Waals surface area contributed by atoms with Gasteiger partial charge in [0.25, 0.3) is 0 Å². The largest absolute Gasteiger partial charge is 0.353 e. The Morgan fingerprint density at radius 1 is 1.44 bits per heavy atom. The van der Waals surface area contributed by atoms with Crippen molar-refractivity contribution in [3.05, 3.63) is 41.5 Å². The Hall–Kier alpha value is -2.08. The van der Waals surface area contributed by atoms with E-state index in [4.69, 9.17) is 5.26 Å². The average Bonchev–Trinajstić information content (AvgIpc) is 3.16. The fourth-order valence-electron chi connectivity index (χ4n) is 1.90. The number of hydrogen-bond acceptors (Lipinski definition) is 2. The maximum Gasteiger partial charge on any atom is 0.217 e. The van der Waals surface area contributed by atoms with Crippen molar-refractivity contribution in [2.45, 2.75) is 25.2 Å². The lowest BCUT2D eigenvalue weighted by atomic mass is 9.97. The molecule has 1 amide bonds. The first-order chi connectivity index (χ1) is 8.66. The minimum atomic E-state index is -0.210. The molecule has 1 aliphatic carbocycles. The summed E-state index contributed by atoms with van der Waals surface area (Å²) in [5.41, 5.74) is 1.99. The first kappa shape index (κ1) is 12.4. The Balaban J connectivity index is 1.96. The summed E-state index contributed by atoms with van der Waals surface area (Å²) in [5, 5.41) is 11.8. The normalized spacial score (nSPS) is 16.2. The maximum atomic E-state index is 10.7. The van der Waals surface area contributed by atoms with Crippen LogP contribution in [0.1, 0.15) is 30.9 Å². The van der Waals surface area contributed by atoms with E-state index in [-0.39, 0.29) is 11.3 Å². The van der Waals surface area contributed by atoms with Crippen molar-refractivity contribution in [1.82, 2.24) is 5.32 Å². The predicted molar refractivity (Wildman–Crippen MR) is 70.7 cm³/mol. The highest BCUT2D eigenvalue weighted by Gasteiger charge is 2.44. The summed E-state index contributed by atoms with van der Waals surface area (Å²) in [5.74, 6) is -0.0281. The number of carbonyl (C=O) groups excluding carboxylic acids is 1. The standard InChI is InChI=1S/C15H16N2O/c1-12(18)17-10-2-3-13-4-6-14(7-5-13)15(11-16)8-9-15/h2-7H,8-10H2,1H3,(H,17,18). The lowest BCUT2D eigenvalue weighted by Crippen LogP contribution is -2.19. The summed E-state index contributed by atoms with van der Waals surface area (Å²) >= 11 is 0. The van der Waals surface area contributed by atoms with Crippen LogP contribution in [0.3, 0.4) is 0 Å². The molecule has 18 heavy (non-hydrogen) atoms. The molecule has 1 aliphatic rings. The van der Waals surface area contributed by atoms with Gasteiger partial charge >= 0.3 is 0 Å². The van der Waals surface area contributed by atoms with E-state index in [2.05, 4.69) is 11.4 Å². The van der Waals surface area contributed by atoms with Crippen molar-refractivity contribution in [1.29, 1.82) is 5.26 Å². The van der Waals surface area contributed by atoms with Gasteiger partial charge in [0.2, 0.25) is 5.91 Å². The molecule has 1 fully saturated rings. The van der Waals surface area contributed by atoms with Crippen LogP contribution in [-0.4, -0.2) is 12.5 Å². The second-order valence-electron chi connectivity index (χ2n) is 4.66. The highest BCUT2D eigenvalue weighted by molar-refractivity contribution is 5.73. The van der Waals surface area contributed by atoms with E-state index in [1.807, 2.05) is 36.4 Å². The smallest absolute Gasteiger partial charge is 0.217 e. The highest BCUT2D eigenvalue weighted by Crippen LogP contribution is 2.47. The van der Waals surface area contributed by atoms with Gasteiger partial charge in [-0.2, -0.15) is 5.26 Å². The lowest BCUT2D eigenvalue weighted by molar-refractivity contribution is -0.118. The molecule has 1 N–H and O–H groups in total. The number of nitrogens with one attached hydrogen (secondary N) is 1. The maximum absolute atomic E-state index is 10.7. The molecule has 0 spiro atoms. The van der Waals surface area contributed by atoms with Gasteiger partial charge in [-0.05, 0) is 24.0 Å². The van der Waals surface area contributed by atoms with Gasteiger partial charge in [-0.25, -0.2) is 0 Å². The molecular weight excluding hydrogens is 224 g/mol. The van der Waals surface area contributed by atoms with Crippen LogP contribution in [0.4, 0.5) is 0 Å². The molecule has 3 heteroatoms. The summed E-state index contributed by atoms with van der Waals surface area (Å²) in [4.78, 5) is 10.7. The Bertz CT molecular complexity index is 504. The molecule has 0 aliphatic heterocycles. The van der Waals surface area contributed by atoms with E-state index < -0.39 is 0 Å². The van der Waals surface area contributed by atoms with Gasteiger partial charge in [0.1, 0.15) is 0 Å². The van der Waals surface area contributed by atoms with E-state index in [1.54, 1.807) is 0 Å². The number of nitrogens with zero attached hydrogens (tertiary/aromatic N) is 1. The molecule has 0 unspecified atom stereocenters. The monoisotopic (exact) mass is 240 g/mol. The van der Waals surface area contributed by atoms with Gasteiger partial charge in [0.15, 0.2) is 0 Å². The molecule has 1 saturated carbocycles. The fourth-order valence-corrected chi connectivity index (χ4v) is 1.90. The summed E-state index contributed by atoms with van der Waals surface area (Å²) < 4.78 is 0. The number of benzene rings is 1. The number of hydrogen-bond donors (Lipinski definition) is 1. The first-order valence-electron chi connectivity index (χ1n) is 6.09. The van der Waals surface area contributed by atoms with Crippen LogP contribution in [-0.2, 0) is 10.2 Å². The zero-order valence-corrected chi connectivity index (χ0v) is 10.4. The summed E-state index contributed by atoms with van der Waals surface area (Å²) in [6.07, 6.45) is 5.82. The molecule has 0 bridgehead atoms. The van der Waals surface area contributed by atoms with Gasteiger partial charge in [-0.1, -0.05) is 36.4 Å². The van der Waals surface area contributed by atoms with E-state index in [1.165, 1.54) is 6.92 Å². The van der Waals surface area contributed by atoms with Crippen LogP contribution in [0.5, 0.6) is 0 Å². The van der Waals surface area contributed by atoms with Crippen LogP contribution in [0.25, 0.3) is 6.08 Å².